The summed E-state index contributed by atoms with van der Waals surface area (Å²) < 4.78 is 16.5. The standard InChI is InChI=1S/C27H30N2O4/c1-31-23-12-8-7-11-22(23)28-26(30)14-16-29-15-13-20-17-24(32-2)25(33-3)18-21(20)27(29)19-9-5-4-6-10-19/h4-12,17-18,27H,13-16H2,1-3H3,(H,28,30). The Bertz CT molecular complexity index is 1100. The molecule has 0 saturated heterocycles. The Morgan fingerprint density at radius 1 is 0.909 bits per heavy atom. The molecule has 6 heteroatoms. The Labute approximate surface area is 195 Å². The quantitative estimate of drug-likeness (QED) is 0.544. The fourth-order valence-electron chi connectivity index (χ4n) is 4.47. The highest BCUT2D eigenvalue weighted by Crippen LogP contribution is 2.41. The summed E-state index contributed by atoms with van der Waals surface area (Å²) in [6.07, 6.45) is 1.26. The number of hydrogen-bond acceptors (Lipinski definition) is 5. The molecular weight excluding hydrogens is 416 g/mol. The van der Waals surface area contributed by atoms with E-state index in [2.05, 4.69) is 46.6 Å². The highest BCUT2D eigenvalue weighted by atomic mass is 16.5. The fourth-order valence-corrected chi connectivity index (χ4v) is 4.47. The van der Waals surface area contributed by atoms with Crippen LogP contribution in [-0.4, -0.2) is 45.2 Å². The molecule has 3 aromatic carbocycles. The van der Waals surface area contributed by atoms with Crippen LogP contribution in [0.25, 0.3) is 0 Å². The van der Waals surface area contributed by atoms with Gasteiger partial charge in [0.1, 0.15) is 5.75 Å². The Morgan fingerprint density at radius 3 is 2.30 bits per heavy atom. The molecule has 0 aliphatic carbocycles. The average Bonchev–Trinajstić information content (AvgIpc) is 2.87. The third kappa shape index (κ3) is 4.96. The number of hydrogen-bond donors (Lipinski definition) is 1. The van der Waals surface area contributed by atoms with Gasteiger partial charge in [-0.15, -0.1) is 0 Å². The molecule has 1 aliphatic rings. The molecular formula is C27H30N2O4. The van der Waals surface area contributed by atoms with Crippen LogP contribution in [0, 0.1) is 0 Å². The summed E-state index contributed by atoms with van der Waals surface area (Å²) in [4.78, 5) is 15.1. The first kappa shape index (κ1) is 22.7. The molecule has 1 heterocycles. The first-order chi connectivity index (χ1) is 16.1. The number of rotatable bonds is 8. The van der Waals surface area contributed by atoms with Gasteiger partial charge in [-0.25, -0.2) is 0 Å². The molecule has 6 nitrogen and oxygen atoms in total. The van der Waals surface area contributed by atoms with E-state index in [1.54, 1.807) is 21.3 Å². The Morgan fingerprint density at radius 2 is 1.58 bits per heavy atom. The van der Waals surface area contributed by atoms with Gasteiger partial charge in [-0.3, -0.25) is 9.69 Å². The molecule has 33 heavy (non-hydrogen) atoms. The monoisotopic (exact) mass is 446 g/mol. The van der Waals surface area contributed by atoms with Crippen molar-refractivity contribution in [3.63, 3.8) is 0 Å². The van der Waals surface area contributed by atoms with Gasteiger partial charge in [0.05, 0.1) is 33.1 Å². The molecule has 0 radical (unpaired) electrons. The van der Waals surface area contributed by atoms with Crippen LogP contribution in [0.3, 0.4) is 0 Å². The molecule has 0 spiro atoms. The molecule has 1 aliphatic heterocycles. The van der Waals surface area contributed by atoms with E-state index < -0.39 is 0 Å². The third-order valence-electron chi connectivity index (χ3n) is 6.10. The summed E-state index contributed by atoms with van der Waals surface area (Å²) in [6.45, 7) is 1.48. The zero-order valence-electron chi connectivity index (χ0n) is 19.3. The Kier molecular flexibility index (Phi) is 7.15. The number of nitrogens with zero attached hydrogens (tertiary/aromatic N) is 1. The Hall–Kier alpha value is -3.51. The van der Waals surface area contributed by atoms with Crippen molar-refractivity contribution in [1.82, 2.24) is 4.90 Å². The summed E-state index contributed by atoms with van der Waals surface area (Å²) in [6, 6.07) is 22.0. The molecule has 172 valence electrons. The average molecular weight is 447 g/mol. The zero-order valence-corrected chi connectivity index (χ0v) is 19.3. The van der Waals surface area contributed by atoms with Crippen molar-refractivity contribution in [2.45, 2.75) is 18.9 Å². The number of carbonyl (C=O) groups excluding carboxylic acids is 1. The van der Waals surface area contributed by atoms with Crippen molar-refractivity contribution in [2.24, 2.45) is 0 Å². The van der Waals surface area contributed by atoms with E-state index in [-0.39, 0.29) is 11.9 Å². The number of benzene rings is 3. The highest BCUT2D eigenvalue weighted by molar-refractivity contribution is 5.92. The second-order valence-electron chi connectivity index (χ2n) is 8.00. The van der Waals surface area contributed by atoms with E-state index in [4.69, 9.17) is 14.2 Å². The minimum atomic E-state index is -0.0376. The molecule has 4 rings (SSSR count). The number of fused-ring (bicyclic) bond motifs is 1. The van der Waals surface area contributed by atoms with Crippen molar-refractivity contribution in [2.75, 3.05) is 39.7 Å². The normalized spacial score (nSPS) is 15.4. The van der Waals surface area contributed by atoms with Crippen LogP contribution in [-0.2, 0) is 11.2 Å². The van der Waals surface area contributed by atoms with Crippen LogP contribution < -0.4 is 19.5 Å². The van der Waals surface area contributed by atoms with E-state index >= 15 is 0 Å². The first-order valence-electron chi connectivity index (χ1n) is 11.1. The van der Waals surface area contributed by atoms with Gasteiger partial charge in [-0.1, -0.05) is 42.5 Å². The van der Waals surface area contributed by atoms with Crippen molar-refractivity contribution in [3.05, 3.63) is 83.4 Å². The van der Waals surface area contributed by atoms with E-state index in [9.17, 15) is 4.79 Å². The second-order valence-corrected chi connectivity index (χ2v) is 8.00. The van der Waals surface area contributed by atoms with Gasteiger partial charge in [0.25, 0.3) is 0 Å². The van der Waals surface area contributed by atoms with Crippen molar-refractivity contribution in [1.29, 1.82) is 0 Å². The topological polar surface area (TPSA) is 60.0 Å². The molecule has 0 aromatic heterocycles. The Balaban J connectivity index is 1.57. The summed E-state index contributed by atoms with van der Waals surface area (Å²) in [7, 11) is 4.92. The maximum atomic E-state index is 12.8. The van der Waals surface area contributed by atoms with Crippen molar-refractivity contribution in [3.8, 4) is 17.2 Å². The van der Waals surface area contributed by atoms with Crippen LogP contribution in [0.2, 0.25) is 0 Å². The van der Waals surface area contributed by atoms with E-state index in [1.165, 1.54) is 16.7 Å². The van der Waals surface area contributed by atoms with Gasteiger partial charge in [0, 0.05) is 19.5 Å². The van der Waals surface area contributed by atoms with Gasteiger partial charge in [0.15, 0.2) is 11.5 Å². The first-order valence-corrected chi connectivity index (χ1v) is 11.1. The number of carbonyl (C=O) groups is 1. The number of amides is 1. The van der Waals surface area contributed by atoms with Gasteiger partial charge in [-0.05, 0) is 47.4 Å². The van der Waals surface area contributed by atoms with Gasteiger partial charge in [0.2, 0.25) is 5.91 Å². The smallest absolute Gasteiger partial charge is 0.225 e. The third-order valence-corrected chi connectivity index (χ3v) is 6.10. The van der Waals surface area contributed by atoms with Gasteiger partial charge < -0.3 is 19.5 Å². The number of para-hydroxylation sites is 2. The van der Waals surface area contributed by atoms with Gasteiger partial charge >= 0.3 is 0 Å². The summed E-state index contributed by atoms with van der Waals surface area (Å²) in [5.41, 5.74) is 4.31. The molecule has 1 amide bonds. The number of methoxy groups -OCH3 is 3. The molecule has 0 fully saturated rings. The summed E-state index contributed by atoms with van der Waals surface area (Å²) >= 11 is 0. The zero-order chi connectivity index (χ0) is 23.2. The van der Waals surface area contributed by atoms with Crippen molar-refractivity contribution < 1.29 is 19.0 Å². The fraction of sp³-hybridized carbons (Fsp3) is 0.296. The number of nitrogens with one attached hydrogen (secondary N) is 1. The predicted octanol–water partition coefficient (Wildman–Crippen LogP) is 4.69. The largest absolute Gasteiger partial charge is 0.495 e. The minimum absolute atomic E-state index is 0.0359. The molecule has 1 N–H and O–H groups in total. The SMILES string of the molecule is COc1ccccc1NC(=O)CCN1CCc2cc(OC)c(OC)cc2C1c1ccccc1. The van der Waals surface area contributed by atoms with E-state index in [0.29, 0.717) is 30.2 Å². The molecule has 0 saturated carbocycles. The molecule has 3 aromatic rings. The van der Waals surface area contributed by atoms with Crippen LogP contribution in [0.5, 0.6) is 17.2 Å². The molecule has 1 unspecified atom stereocenters. The molecule has 0 bridgehead atoms. The van der Waals surface area contributed by atoms with E-state index in [0.717, 1.165) is 18.7 Å². The number of ether oxygens (including phenoxy) is 3. The van der Waals surface area contributed by atoms with Gasteiger partial charge in [-0.2, -0.15) is 0 Å². The van der Waals surface area contributed by atoms with Crippen molar-refractivity contribution >= 4 is 11.6 Å². The second kappa shape index (κ2) is 10.4. The van der Waals surface area contributed by atoms with Crippen LogP contribution in [0.1, 0.15) is 29.2 Å². The lowest BCUT2D eigenvalue weighted by molar-refractivity contribution is -0.116. The lowest BCUT2D eigenvalue weighted by Crippen LogP contribution is -2.38. The van der Waals surface area contributed by atoms with Crippen LogP contribution >= 0.6 is 0 Å². The maximum Gasteiger partial charge on any atom is 0.225 e. The lowest BCUT2D eigenvalue weighted by Gasteiger charge is -2.38. The lowest BCUT2D eigenvalue weighted by atomic mass is 9.87. The maximum absolute atomic E-state index is 12.8. The predicted molar refractivity (Wildman–Crippen MR) is 129 cm³/mol. The minimum Gasteiger partial charge on any atom is -0.495 e. The highest BCUT2D eigenvalue weighted by Gasteiger charge is 2.30. The van der Waals surface area contributed by atoms with Crippen LogP contribution in [0.4, 0.5) is 5.69 Å². The molecule has 1 atom stereocenters. The van der Waals surface area contributed by atoms with E-state index in [1.807, 2.05) is 30.3 Å². The summed E-state index contributed by atoms with van der Waals surface area (Å²) in [5.74, 6) is 2.08. The van der Waals surface area contributed by atoms with Crippen LogP contribution in [0.15, 0.2) is 66.7 Å². The number of anilines is 1. The summed E-state index contributed by atoms with van der Waals surface area (Å²) in [5, 5.41) is 2.98.